The highest BCUT2D eigenvalue weighted by Crippen LogP contribution is 1.98. The number of carbonyl (C=O) groups excluding carboxylic acids is 1. The first-order valence-electron chi connectivity index (χ1n) is 6.32. The van der Waals surface area contributed by atoms with Crippen LogP contribution in [0.5, 0.6) is 0 Å². The van der Waals surface area contributed by atoms with Gasteiger partial charge in [0.15, 0.2) is 0 Å². The van der Waals surface area contributed by atoms with E-state index in [1.54, 1.807) is 21.1 Å². The zero-order chi connectivity index (χ0) is 14.7. The number of methoxy groups -OCH3 is 2. The lowest BCUT2D eigenvalue weighted by atomic mass is 10.2. The van der Waals surface area contributed by atoms with Crippen LogP contribution in [0.4, 0.5) is 4.79 Å². The van der Waals surface area contributed by atoms with Crippen molar-refractivity contribution in [1.29, 1.82) is 0 Å². The van der Waals surface area contributed by atoms with Gasteiger partial charge in [-0.05, 0) is 12.8 Å². The number of rotatable bonds is 10. The maximum atomic E-state index is 12.0. The summed E-state index contributed by atoms with van der Waals surface area (Å²) < 4.78 is 9.87. The summed E-state index contributed by atoms with van der Waals surface area (Å²) >= 11 is 0. The Bertz CT molecular complexity index is 273. The highest BCUT2D eigenvalue weighted by molar-refractivity contribution is 5.82. The first-order chi connectivity index (χ1) is 9.06. The van der Waals surface area contributed by atoms with Gasteiger partial charge in [-0.1, -0.05) is 6.92 Å². The minimum atomic E-state index is -1.03. The average molecular weight is 276 g/mol. The Hall–Kier alpha value is -1.34. The molecule has 0 spiro atoms. The van der Waals surface area contributed by atoms with E-state index in [9.17, 15) is 9.59 Å². The van der Waals surface area contributed by atoms with Crippen LogP contribution in [0.3, 0.4) is 0 Å². The average Bonchev–Trinajstić information content (AvgIpc) is 2.39. The predicted octanol–water partition coefficient (Wildman–Crippen LogP) is 0.544. The number of hydrogen-bond donors (Lipinski definition) is 2. The van der Waals surface area contributed by atoms with Gasteiger partial charge in [0.25, 0.3) is 0 Å². The van der Waals surface area contributed by atoms with Crippen molar-refractivity contribution in [1.82, 2.24) is 10.2 Å². The standard InChI is InChI=1S/C12H24N2O5/c1-4-10(11(15)16)13-12(17)14(7-9-19-3)6-5-8-18-2/h10H,4-9H2,1-3H3,(H,13,17)(H,15,16). The van der Waals surface area contributed by atoms with Gasteiger partial charge in [-0.3, -0.25) is 0 Å². The smallest absolute Gasteiger partial charge is 0.326 e. The molecular formula is C12H24N2O5. The Morgan fingerprint density at radius 1 is 1.21 bits per heavy atom. The summed E-state index contributed by atoms with van der Waals surface area (Å²) in [5.74, 6) is -1.03. The number of carbonyl (C=O) groups is 2. The fourth-order valence-corrected chi connectivity index (χ4v) is 1.49. The van der Waals surface area contributed by atoms with E-state index in [0.29, 0.717) is 39.1 Å². The number of amides is 2. The topological polar surface area (TPSA) is 88.1 Å². The molecule has 0 heterocycles. The van der Waals surface area contributed by atoms with Gasteiger partial charge in [0.05, 0.1) is 6.61 Å². The van der Waals surface area contributed by atoms with E-state index in [1.807, 2.05) is 0 Å². The van der Waals surface area contributed by atoms with Crippen LogP contribution >= 0.6 is 0 Å². The second kappa shape index (κ2) is 10.6. The first-order valence-corrected chi connectivity index (χ1v) is 6.32. The molecule has 0 aliphatic carbocycles. The lowest BCUT2D eigenvalue weighted by Crippen LogP contribution is -2.49. The van der Waals surface area contributed by atoms with E-state index >= 15 is 0 Å². The quantitative estimate of drug-likeness (QED) is 0.569. The van der Waals surface area contributed by atoms with Crippen LogP contribution in [0.25, 0.3) is 0 Å². The molecule has 0 saturated carbocycles. The van der Waals surface area contributed by atoms with Gasteiger partial charge in [-0.2, -0.15) is 0 Å². The maximum Gasteiger partial charge on any atom is 0.326 e. The largest absolute Gasteiger partial charge is 0.480 e. The summed E-state index contributed by atoms with van der Waals surface area (Å²) in [5, 5.41) is 11.4. The summed E-state index contributed by atoms with van der Waals surface area (Å²) in [6.07, 6.45) is 1.04. The highest BCUT2D eigenvalue weighted by atomic mass is 16.5. The van der Waals surface area contributed by atoms with E-state index in [-0.39, 0.29) is 6.03 Å². The fraction of sp³-hybridized carbons (Fsp3) is 0.833. The molecule has 7 nitrogen and oxygen atoms in total. The third-order valence-electron chi connectivity index (χ3n) is 2.63. The molecule has 0 radical (unpaired) electrons. The zero-order valence-corrected chi connectivity index (χ0v) is 11.8. The second-order valence-corrected chi connectivity index (χ2v) is 4.07. The SMILES string of the molecule is CCC(NC(=O)N(CCCOC)CCOC)C(=O)O. The molecule has 0 aromatic carbocycles. The minimum Gasteiger partial charge on any atom is -0.480 e. The molecule has 0 aromatic heterocycles. The normalized spacial score (nSPS) is 11.9. The molecule has 112 valence electrons. The number of nitrogens with one attached hydrogen (secondary N) is 1. The van der Waals surface area contributed by atoms with Gasteiger partial charge in [-0.15, -0.1) is 0 Å². The van der Waals surface area contributed by atoms with Crippen LogP contribution in [0.2, 0.25) is 0 Å². The molecule has 2 N–H and O–H groups in total. The summed E-state index contributed by atoms with van der Waals surface area (Å²) in [4.78, 5) is 24.4. The number of carboxylic acid groups (broad SMARTS) is 1. The van der Waals surface area contributed by atoms with Crippen molar-refractivity contribution in [2.45, 2.75) is 25.8 Å². The van der Waals surface area contributed by atoms with Crippen LogP contribution in [-0.4, -0.2) is 68.6 Å². The number of nitrogens with zero attached hydrogens (tertiary/aromatic N) is 1. The maximum absolute atomic E-state index is 12.0. The Morgan fingerprint density at radius 2 is 1.84 bits per heavy atom. The highest BCUT2D eigenvalue weighted by Gasteiger charge is 2.21. The van der Waals surface area contributed by atoms with E-state index in [4.69, 9.17) is 14.6 Å². The van der Waals surface area contributed by atoms with Crippen LogP contribution in [-0.2, 0) is 14.3 Å². The van der Waals surface area contributed by atoms with Gasteiger partial charge in [0, 0.05) is 33.9 Å². The van der Waals surface area contributed by atoms with Crippen molar-refractivity contribution < 1.29 is 24.2 Å². The van der Waals surface area contributed by atoms with Crippen molar-refractivity contribution in [3.63, 3.8) is 0 Å². The first kappa shape index (κ1) is 17.7. The van der Waals surface area contributed by atoms with Crippen LogP contribution in [0.1, 0.15) is 19.8 Å². The lowest BCUT2D eigenvalue weighted by Gasteiger charge is -2.24. The van der Waals surface area contributed by atoms with Crippen molar-refractivity contribution in [2.24, 2.45) is 0 Å². The van der Waals surface area contributed by atoms with E-state index in [1.165, 1.54) is 4.90 Å². The van der Waals surface area contributed by atoms with Crippen LogP contribution in [0, 0.1) is 0 Å². The summed E-state index contributed by atoms with van der Waals surface area (Å²) in [6.45, 7) is 3.59. The Kier molecular flexibility index (Phi) is 9.82. The van der Waals surface area contributed by atoms with Crippen molar-refractivity contribution >= 4 is 12.0 Å². The van der Waals surface area contributed by atoms with Gasteiger partial charge in [0.2, 0.25) is 0 Å². The number of carboxylic acids is 1. The number of aliphatic carboxylic acids is 1. The van der Waals surface area contributed by atoms with Crippen LogP contribution < -0.4 is 5.32 Å². The number of urea groups is 1. The Labute approximate surface area is 113 Å². The summed E-state index contributed by atoms with van der Waals surface area (Å²) in [6, 6.07) is -1.25. The molecule has 2 amide bonds. The van der Waals surface area contributed by atoms with Crippen LogP contribution in [0.15, 0.2) is 0 Å². The predicted molar refractivity (Wildman–Crippen MR) is 70.2 cm³/mol. The third-order valence-corrected chi connectivity index (χ3v) is 2.63. The molecule has 1 unspecified atom stereocenters. The molecular weight excluding hydrogens is 252 g/mol. The molecule has 0 saturated heterocycles. The molecule has 0 aliphatic rings. The Balaban J connectivity index is 4.37. The second-order valence-electron chi connectivity index (χ2n) is 4.07. The van der Waals surface area contributed by atoms with Gasteiger partial charge in [-0.25, -0.2) is 9.59 Å². The summed E-state index contributed by atoms with van der Waals surface area (Å²) in [7, 11) is 3.15. The van der Waals surface area contributed by atoms with Gasteiger partial charge < -0.3 is 24.8 Å². The molecule has 0 rings (SSSR count). The fourth-order valence-electron chi connectivity index (χ4n) is 1.49. The van der Waals surface area contributed by atoms with E-state index in [2.05, 4.69) is 5.32 Å². The summed E-state index contributed by atoms with van der Waals surface area (Å²) in [5.41, 5.74) is 0. The van der Waals surface area contributed by atoms with Crippen molar-refractivity contribution in [3.8, 4) is 0 Å². The molecule has 0 aliphatic heterocycles. The van der Waals surface area contributed by atoms with Crippen molar-refractivity contribution in [3.05, 3.63) is 0 Å². The number of hydrogen-bond acceptors (Lipinski definition) is 4. The number of ether oxygens (including phenoxy) is 2. The molecule has 1 atom stereocenters. The molecule has 0 aromatic rings. The minimum absolute atomic E-state index is 0.345. The molecule has 7 heteroatoms. The van der Waals surface area contributed by atoms with E-state index in [0.717, 1.165) is 0 Å². The molecule has 19 heavy (non-hydrogen) atoms. The van der Waals surface area contributed by atoms with E-state index < -0.39 is 12.0 Å². The lowest BCUT2D eigenvalue weighted by molar-refractivity contribution is -0.139. The Morgan fingerprint density at radius 3 is 2.32 bits per heavy atom. The van der Waals surface area contributed by atoms with Gasteiger partial charge >= 0.3 is 12.0 Å². The zero-order valence-electron chi connectivity index (χ0n) is 11.8. The third kappa shape index (κ3) is 7.63. The molecule has 0 bridgehead atoms. The molecule has 0 fully saturated rings. The monoisotopic (exact) mass is 276 g/mol. The van der Waals surface area contributed by atoms with Crippen molar-refractivity contribution in [2.75, 3.05) is 40.5 Å². The van der Waals surface area contributed by atoms with Gasteiger partial charge in [0.1, 0.15) is 6.04 Å².